The van der Waals surface area contributed by atoms with Crippen LogP contribution in [0.4, 0.5) is 0 Å². The van der Waals surface area contributed by atoms with E-state index in [0.29, 0.717) is 0 Å². The Morgan fingerprint density at radius 3 is 2.67 bits per heavy atom. The van der Waals surface area contributed by atoms with Gasteiger partial charge in [-0.25, -0.2) is 8.42 Å². The second-order valence-corrected chi connectivity index (χ2v) is 6.57. The summed E-state index contributed by atoms with van der Waals surface area (Å²) in [6.07, 6.45) is 1.10. The lowest BCUT2D eigenvalue weighted by Crippen LogP contribution is -2.28. The van der Waals surface area contributed by atoms with Crippen molar-refractivity contribution in [3.63, 3.8) is 0 Å². The zero-order valence-electron chi connectivity index (χ0n) is 7.73. The average Bonchev–Trinajstić information content (AvgIpc) is 2.49. The molecule has 0 aromatic carbocycles. The molecular formula is C6H8ClN3O3S2. The lowest BCUT2D eigenvalue weighted by molar-refractivity contribution is 0.0955. The van der Waals surface area contributed by atoms with E-state index in [0.717, 1.165) is 17.6 Å². The minimum Gasteiger partial charge on any atom is -0.349 e. The normalized spacial score (nSPS) is 11.3. The van der Waals surface area contributed by atoms with Crippen LogP contribution in [0.5, 0.6) is 0 Å². The van der Waals surface area contributed by atoms with Crippen molar-refractivity contribution in [2.24, 2.45) is 0 Å². The predicted octanol–water partition coefficient (Wildman–Crippen LogP) is -0.0341. The van der Waals surface area contributed by atoms with Crippen molar-refractivity contribution in [3.8, 4) is 0 Å². The number of nitrogens with one attached hydrogen (secondary N) is 1. The maximum atomic E-state index is 11.3. The molecule has 84 valence electrons. The number of rotatable bonds is 4. The Bertz CT molecular complexity index is 456. The summed E-state index contributed by atoms with van der Waals surface area (Å²) in [5.74, 6) is -0.575. The number of halogens is 1. The molecule has 0 bridgehead atoms. The summed E-state index contributed by atoms with van der Waals surface area (Å²) >= 11 is 6.42. The van der Waals surface area contributed by atoms with Crippen molar-refractivity contribution in [1.82, 2.24) is 15.5 Å². The minimum absolute atomic E-state index is 0.0505. The van der Waals surface area contributed by atoms with Gasteiger partial charge in [0.05, 0.1) is 5.75 Å². The Labute approximate surface area is 95.6 Å². The number of nitrogens with zero attached hydrogens (tertiary/aromatic N) is 2. The fourth-order valence-corrected chi connectivity index (χ4v) is 1.94. The Hall–Kier alpha value is -0.730. The molecule has 15 heavy (non-hydrogen) atoms. The summed E-state index contributed by atoms with van der Waals surface area (Å²) in [4.78, 5) is 11.3. The third kappa shape index (κ3) is 4.54. The van der Waals surface area contributed by atoms with E-state index in [9.17, 15) is 13.2 Å². The summed E-state index contributed by atoms with van der Waals surface area (Å²) < 4.78 is 21.7. The molecule has 1 amide bonds. The summed E-state index contributed by atoms with van der Waals surface area (Å²) in [5, 5.41) is 9.47. The van der Waals surface area contributed by atoms with Gasteiger partial charge >= 0.3 is 0 Å². The number of hydrogen-bond acceptors (Lipinski definition) is 6. The molecule has 0 saturated heterocycles. The maximum Gasteiger partial charge on any atom is 0.282 e. The smallest absolute Gasteiger partial charge is 0.282 e. The summed E-state index contributed by atoms with van der Waals surface area (Å²) in [7, 11) is -3.07. The van der Waals surface area contributed by atoms with Crippen molar-refractivity contribution in [2.45, 2.75) is 0 Å². The topological polar surface area (TPSA) is 89.0 Å². The SMILES string of the molecule is CS(=O)(=O)CCNC(=O)c1nnc(Cl)s1. The Kier molecular flexibility index (Phi) is 4.00. The van der Waals surface area contributed by atoms with Gasteiger partial charge in [-0.15, -0.1) is 10.2 Å². The number of sulfone groups is 1. The number of aromatic nitrogens is 2. The third-order valence-electron chi connectivity index (χ3n) is 1.35. The fraction of sp³-hybridized carbons (Fsp3) is 0.500. The number of carbonyl (C=O) groups is 1. The van der Waals surface area contributed by atoms with Gasteiger partial charge in [-0.3, -0.25) is 4.79 Å². The van der Waals surface area contributed by atoms with Gasteiger partial charge in [-0.2, -0.15) is 0 Å². The van der Waals surface area contributed by atoms with Gasteiger partial charge in [0.15, 0.2) is 0 Å². The van der Waals surface area contributed by atoms with Crippen molar-refractivity contribution in [3.05, 3.63) is 9.47 Å². The first-order chi connectivity index (χ1) is 6.88. The number of amides is 1. The molecule has 1 heterocycles. The van der Waals surface area contributed by atoms with Crippen LogP contribution in [0.3, 0.4) is 0 Å². The monoisotopic (exact) mass is 269 g/mol. The molecule has 1 rings (SSSR count). The van der Waals surface area contributed by atoms with E-state index in [1.807, 2.05) is 0 Å². The summed E-state index contributed by atoms with van der Waals surface area (Å²) in [6.45, 7) is 0.0505. The van der Waals surface area contributed by atoms with Gasteiger partial charge in [0.1, 0.15) is 9.84 Å². The minimum atomic E-state index is -3.07. The van der Waals surface area contributed by atoms with Crippen LogP contribution in [0.2, 0.25) is 4.47 Å². The molecule has 0 fully saturated rings. The zero-order chi connectivity index (χ0) is 11.5. The molecule has 0 radical (unpaired) electrons. The lowest BCUT2D eigenvalue weighted by Gasteiger charge is -2.00. The Balaban J connectivity index is 2.44. The molecule has 0 saturated carbocycles. The highest BCUT2D eigenvalue weighted by Crippen LogP contribution is 2.14. The van der Waals surface area contributed by atoms with Gasteiger partial charge in [-0.05, 0) is 11.6 Å². The fourth-order valence-electron chi connectivity index (χ4n) is 0.723. The zero-order valence-corrected chi connectivity index (χ0v) is 10.1. The quantitative estimate of drug-likeness (QED) is 0.829. The van der Waals surface area contributed by atoms with Gasteiger partial charge in [0.2, 0.25) is 9.47 Å². The van der Waals surface area contributed by atoms with E-state index >= 15 is 0 Å². The molecule has 0 aliphatic heterocycles. The molecule has 1 N–H and O–H groups in total. The highest BCUT2D eigenvalue weighted by Gasteiger charge is 2.12. The highest BCUT2D eigenvalue weighted by molar-refractivity contribution is 7.90. The van der Waals surface area contributed by atoms with Crippen molar-refractivity contribution >= 4 is 38.7 Å². The van der Waals surface area contributed by atoms with Crippen LogP contribution in [0.1, 0.15) is 9.80 Å². The van der Waals surface area contributed by atoms with E-state index in [-0.39, 0.29) is 21.8 Å². The molecular weight excluding hydrogens is 262 g/mol. The van der Waals surface area contributed by atoms with E-state index in [4.69, 9.17) is 11.6 Å². The number of carbonyl (C=O) groups excluding carboxylic acids is 1. The van der Waals surface area contributed by atoms with Crippen LogP contribution in [0, 0.1) is 0 Å². The highest BCUT2D eigenvalue weighted by atomic mass is 35.5. The van der Waals surface area contributed by atoms with E-state index in [1.54, 1.807) is 0 Å². The average molecular weight is 270 g/mol. The van der Waals surface area contributed by atoms with Crippen molar-refractivity contribution < 1.29 is 13.2 Å². The molecule has 9 heteroatoms. The van der Waals surface area contributed by atoms with Gasteiger partial charge in [0, 0.05) is 12.8 Å². The second-order valence-electron chi connectivity index (χ2n) is 2.75. The standard InChI is InChI=1S/C6H8ClN3O3S2/c1-15(12,13)3-2-8-4(11)5-9-10-6(7)14-5/h2-3H2,1H3,(H,8,11). The largest absolute Gasteiger partial charge is 0.349 e. The molecule has 1 aromatic rings. The molecule has 0 aliphatic rings. The number of hydrogen-bond donors (Lipinski definition) is 1. The molecule has 0 atom stereocenters. The first-order valence-electron chi connectivity index (χ1n) is 3.83. The molecule has 6 nitrogen and oxygen atoms in total. The molecule has 0 spiro atoms. The van der Waals surface area contributed by atoms with Crippen LogP contribution in [0.25, 0.3) is 0 Å². The molecule has 1 aromatic heterocycles. The van der Waals surface area contributed by atoms with E-state index in [2.05, 4.69) is 15.5 Å². The maximum absolute atomic E-state index is 11.3. The van der Waals surface area contributed by atoms with Crippen LogP contribution in [-0.2, 0) is 9.84 Å². The van der Waals surface area contributed by atoms with Crippen molar-refractivity contribution in [1.29, 1.82) is 0 Å². The summed E-state index contributed by atoms with van der Waals surface area (Å²) in [5.41, 5.74) is 0. The Morgan fingerprint density at radius 2 is 2.20 bits per heavy atom. The van der Waals surface area contributed by atoms with Crippen LogP contribution < -0.4 is 5.32 Å². The van der Waals surface area contributed by atoms with E-state index < -0.39 is 15.7 Å². The van der Waals surface area contributed by atoms with Crippen molar-refractivity contribution in [2.75, 3.05) is 18.6 Å². The van der Waals surface area contributed by atoms with Gasteiger partial charge in [-0.1, -0.05) is 11.3 Å². The molecule has 0 unspecified atom stereocenters. The molecule has 0 aliphatic carbocycles. The summed E-state index contributed by atoms with van der Waals surface area (Å²) in [6, 6.07) is 0. The van der Waals surface area contributed by atoms with Gasteiger partial charge < -0.3 is 5.32 Å². The predicted molar refractivity (Wildman–Crippen MR) is 57.0 cm³/mol. The Morgan fingerprint density at radius 1 is 1.53 bits per heavy atom. The van der Waals surface area contributed by atoms with Crippen LogP contribution in [-0.4, -0.2) is 43.1 Å². The first kappa shape index (κ1) is 12.3. The van der Waals surface area contributed by atoms with E-state index in [1.165, 1.54) is 0 Å². The second kappa shape index (κ2) is 4.86. The first-order valence-corrected chi connectivity index (χ1v) is 7.09. The van der Waals surface area contributed by atoms with Crippen LogP contribution >= 0.6 is 22.9 Å². The van der Waals surface area contributed by atoms with Crippen LogP contribution in [0.15, 0.2) is 0 Å². The lowest BCUT2D eigenvalue weighted by atomic mass is 10.6. The third-order valence-corrected chi connectivity index (χ3v) is 3.32. The van der Waals surface area contributed by atoms with Gasteiger partial charge in [0.25, 0.3) is 5.91 Å².